The molecule has 0 aliphatic carbocycles. The molecule has 0 spiro atoms. The number of aliphatic hydroxyl groups is 1. The molecule has 8 heteroatoms. The summed E-state index contributed by atoms with van der Waals surface area (Å²) in [6.07, 6.45) is 2.47. The van der Waals surface area contributed by atoms with Crippen LogP contribution in [0.15, 0.2) is 0 Å². The third-order valence-corrected chi connectivity index (χ3v) is 4.79. The Morgan fingerprint density at radius 1 is 1.45 bits per heavy atom. The number of piperidine rings is 1. The Morgan fingerprint density at radius 3 is 2.85 bits per heavy atom. The van der Waals surface area contributed by atoms with Crippen molar-refractivity contribution in [3.63, 3.8) is 0 Å². The van der Waals surface area contributed by atoms with Gasteiger partial charge in [0.2, 0.25) is 0 Å². The highest BCUT2D eigenvalue weighted by Gasteiger charge is 2.32. The van der Waals surface area contributed by atoms with Gasteiger partial charge in [-0.05, 0) is 32.6 Å². The number of hydrogen-bond donors (Lipinski definition) is 2. The van der Waals surface area contributed by atoms with Gasteiger partial charge in [0.1, 0.15) is 0 Å². The molecule has 20 heavy (non-hydrogen) atoms. The topological polar surface area (TPSA) is 95.9 Å². The smallest absolute Gasteiger partial charge is 0.310 e. The first kappa shape index (κ1) is 17.4. The van der Waals surface area contributed by atoms with E-state index in [0.29, 0.717) is 45.4 Å². The molecule has 1 unspecified atom stereocenters. The van der Waals surface area contributed by atoms with E-state index in [4.69, 9.17) is 9.84 Å². The van der Waals surface area contributed by atoms with Gasteiger partial charge in [0.15, 0.2) is 0 Å². The van der Waals surface area contributed by atoms with Gasteiger partial charge in [-0.3, -0.25) is 4.79 Å². The molecule has 118 valence electrons. The van der Waals surface area contributed by atoms with Crippen LogP contribution in [0.1, 0.15) is 32.6 Å². The largest absolute Gasteiger partial charge is 0.466 e. The van der Waals surface area contributed by atoms with Crippen molar-refractivity contribution in [3.8, 4) is 0 Å². The van der Waals surface area contributed by atoms with E-state index >= 15 is 0 Å². The molecule has 0 amide bonds. The highest BCUT2D eigenvalue weighted by atomic mass is 32.2. The Hall–Kier alpha value is -0.700. The maximum absolute atomic E-state index is 12.1. The maximum Gasteiger partial charge on any atom is 0.310 e. The summed E-state index contributed by atoms with van der Waals surface area (Å²) in [5.74, 6) is -0.703. The Bertz CT molecular complexity index is 399. The van der Waals surface area contributed by atoms with E-state index in [9.17, 15) is 13.2 Å². The minimum atomic E-state index is -3.55. The van der Waals surface area contributed by atoms with Crippen LogP contribution in [0.5, 0.6) is 0 Å². The van der Waals surface area contributed by atoms with Gasteiger partial charge < -0.3 is 9.84 Å². The molecule has 1 heterocycles. The van der Waals surface area contributed by atoms with Crippen molar-refractivity contribution in [1.82, 2.24) is 9.03 Å². The van der Waals surface area contributed by atoms with Crippen LogP contribution in [0.25, 0.3) is 0 Å². The number of hydrogen-bond acceptors (Lipinski definition) is 5. The molecule has 0 aromatic rings. The number of aliphatic hydroxyl groups excluding tert-OH is 1. The fraction of sp³-hybridized carbons (Fsp3) is 0.917. The van der Waals surface area contributed by atoms with Crippen LogP contribution < -0.4 is 4.72 Å². The van der Waals surface area contributed by atoms with Crippen LogP contribution in [0, 0.1) is 5.92 Å². The maximum atomic E-state index is 12.1. The Morgan fingerprint density at radius 2 is 2.20 bits per heavy atom. The van der Waals surface area contributed by atoms with Gasteiger partial charge in [-0.25, -0.2) is 4.72 Å². The summed E-state index contributed by atoms with van der Waals surface area (Å²) in [7, 11) is -3.55. The fourth-order valence-corrected chi connectivity index (χ4v) is 3.47. The van der Waals surface area contributed by atoms with Crippen LogP contribution in [0.3, 0.4) is 0 Å². The summed E-state index contributed by atoms with van der Waals surface area (Å²) in [6.45, 7) is 2.98. The number of carbonyl (C=O) groups is 1. The number of nitrogens with zero attached hydrogens (tertiary/aromatic N) is 1. The van der Waals surface area contributed by atoms with Crippen LogP contribution in [0.2, 0.25) is 0 Å². The molecule has 1 aliphatic heterocycles. The summed E-state index contributed by atoms with van der Waals surface area (Å²) in [6, 6.07) is 0. The molecule has 0 saturated carbocycles. The summed E-state index contributed by atoms with van der Waals surface area (Å²) >= 11 is 0. The van der Waals surface area contributed by atoms with Crippen LogP contribution in [-0.4, -0.2) is 56.6 Å². The number of ether oxygens (including phenoxy) is 1. The first-order valence-electron chi connectivity index (χ1n) is 7.03. The zero-order chi connectivity index (χ0) is 15.0. The number of unbranched alkanes of at least 4 members (excludes halogenated alkanes) is 1. The Kier molecular flexibility index (Phi) is 7.42. The molecule has 2 N–H and O–H groups in total. The first-order chi connectivity index (χ1) is 9.51. The van der Waals surface area contributed by atoms with E-state index in [1.807, 2.05) is 0 Å². The molecule has 1 saturated heterocycles. The second-order valence-electron chi connectivity index (χ2n) is 4.78. The van der Waals surface area contributed by atoms with Crippen molar-refractivity contribution in [2.45, 2.75) is 32.6 Å². The minimum Gasteiger partial charge on any atom is -0.466 e. The average molecular weight is 308 g/mol. The first-order valence-corrected chi connectivity index (χ1v) is 8.47. The van der Waals surface area contributed by atoms with Gasteiger partial charge in [0.25, 0.3) is 10.2 Å². The predicted molar refractivity (Wildman–Crippen MR) is 74.2 cm³/mol. The lowest BCUT2D eigenvalue weighted by Crippen LogP contribution is -2.47. The third kappa shape index (κ3) is 5.35. The minimum absolute atomic E-state index is 0.0520. The molecule has 0 aromatic heterocycles. The number of carbonyl (C=O) groups excluding carboxylic acids is 1. The van der Waals surface area contributed by atoms with Crippen LogP contribution in [-0.2, 0) is 19.7 Å². The quantitative estimate of drug-likeness (QED) is 0.481. The molecular weight excluding hydrogens is 284 g/mol. The van der Waals surface area contributed by atoms with Crippen molar-refractivity contribution >= 4 is 16.2 Å². The van der Waals surface area contributed by atoms with E-state index in [1.165, 1.54) is 4.31 Å². The number of esters is 1. The lowest BCUT2D eigenvalue weighted by Gasteiger charge is -2.30. The van der Waals surface area contributed by atoms with Crippen molar-refractivity contribution < 1.29 is 23.1 Å². The van der Waals surface area contributed by atoms with Crippen molar-refractivity contribution in [2.75, 3.05) is 32.8 Å². The van der Waals surface area contributed by atoms with Crippen LogP contribution in [0.4, 0.5) is 0 Å². The number of nitrogens with one attached hydrogen (secondary N) is 1. The van der Waals surface area contributed by atoms with E-state index in [0.717, 1.165) is 0 Å². The Balaban J connectivity index is 2.50. The molecule has 1 atom stereocenters. The highest BCUT2D eigenvalue weighted by Crippen LogP contribution is 2.19. The van der Waals surface area contributed by atoms with Gasteiger partial charge >= 0.3 is 5.97 Å². The van der Waals surface area contributed by atoms with Gasteiger partial charge in [-0.2, -0.15) is 12.7 Å². The zero-order valence-electron chi connectivity index (χ0n) is 11.9. The summed E-state index contributed by atoms with van der Waals surface area (Å²) < 4.78 is 32.9. The fourth-order valence-electron chi connectivity index (χ4n) is 2.14. The van der Waals surface area contributed by atoms with Crippen molar-refractivity contribution in [1.29, 1.82) is 0 Å². The standard InChI is InChI=1S/C12H24N2O5S/c1-2-19-12(16)11-6-5-8-14(10-11)20(17,18)13-7-3-4-9-15/h11,13,15H,2-10H2,1H3. The van der Waals surface area contributed by atoms with Crippen molar-refractivity contribution in [3.05, 3.63) is 0 Å². The molecule has 0 radical (unpaired) electrons. The SMILES string of the molecule is CCOC(=O)C1CCCN(S(=O)(=O)NCCCCO)C1. The van der Waals surface area contributed by atoms with Crippen molar-refractivity contribution in [2.24, 2.45) is 5.92 Å². The van der Waals surface area contributed by atoms with Gasteiger partial charge in [0.05, 0.1) is 12.5 Å². The molecule has 0 aromatic carbocycles. The molecule has 1 aliphatic rings. The Labute approximate surface area is 120 Å². The normalized spacial score (nSPS) is 20.8. The molecular formula is C12H24N2O5S. The zero-order valence-corrected chi connectivity index (χ0v) is 12.7. The molecule has 7 nitrogen and oxygen atoms in total. The lowest BCUT2D eigenvalue weighted by molar-refractivity contribution is -0.149. The average Bonchev–Trinajstić information content (AvgIpc) is 2.44. The third-order valence-electron chi connectivity index (χ3n) is 3.21. The molecule has 0 bridgehead atoms. The van der Waals surface area contributed by atoms with E-state index in [-0.39, 0.29) is 25.0 Å². The van der Waals surface area contributed by atoms with E-state index in [1.54, 1.807) is 6.92 Å². The van der Waals surface area contributed by atoms with Crippen LogP contribution >= 0.6 is 0 Å². The van der Waals surface area contributed by atoms with Gasteiger partial charge in [0, 0.05) is 26.2 Å². The summed E-state index contributed by atoms with van der Waals surface area (Å²) in [5, 5.41) is 8.65. The highest BCUT2D eigenvalue weighted by molar-refractivity contribution is 7.87. The summed E-state index contributed by atoms with van der Waals surface area (Å²) in [4.78, 5) is 11.7. The predicted octanol–water partition coefficient (Wildman–Crippen LogP) is -0.132. The number of rotatable bonds is 8. The van der Waals surface area contributed by atoms with E-state index < -0.39 is 10.2 Å². The lowest BCUT2D eigenvalue weighted by atomic mass is 10.0. The monoisotopic (exact) mass is 308 g/mol. The second kappa shape index (κ2) is 8.56. The van der Waals surface area contributed by atoms with Gasteiger partial charge in [-0.15, -0.1) is 0 Å². The van der Waals surface area contributed by atoms with E-state index in [2.05, 4.69) is 4.72 Å². The summed E-state index contributed by atoms with van der Waals surface area (Å²) in [5.41, 5.74) is 0. The second-order valence-corrected chi connectivity index (χ2v) is 6.53. The van der Waals surface area contributed by atoms with Gasteiger partial charge in [-0.1, -0.05) is 0 Å². The molecule has 1 rings (SSSR count). The molecule has 1 fully saturated rings.